The predicted molar refractivity (Wildman–Crippen MR) is 119 cm³/mol. The zero-order chi connectivity index (χ0) is 21.1. The van der Waals surface area contributed by atoms with Gasteiger partial charge in [0.15, 0.2) is 0 Å². The minimum absolute atomic E-state index is 0.0751. The van der Waals surface area contributed by atoms with Crippen molar-refractivity contribution in [2.45, 2.75) is 39.5 Å². The van der Waals surface area contributed by atoms with E-state index in [1.165, 1.54) is 17.0 Å². The average Bonchev–Trinajstić information content (AvgIpc) is 3.31. The van der Waals surface area contributed by atoms with Crippen molar-refractivity contribution >= 4 is 5.91 Å². The number of nitrogens with one attached hydrogen (secondary N) is 1. The van der Waals surface area contributed by atoms with Crippen molar-refractivity contribution in [3.05, 3.63) is 88.7 Å². The smallest absolute Gasteiger partial charge is 0.251 e. The molecule has 156 valence electrons. The highest BCUT2D eigenvalue weighted by Crippen LogP contribution is 2.18. The molecular formula is C25H29N3O2. The molecule has 1 aliphatic heterocycles. The molecule has 4 rings (SSSR count). The monoisotopic (exact) mass is 403 g/mol. The van der Waals surface area contributed by atoms with Gasteiger partial charge in [0, 0.05) is 48.8 Å². The molecule has 3 aromatic rings. The molecule has 0 aliphatic carbocycles. The Morgan fingerprint density at radius 2 is 1.67 bits per heavy atom. The Kier molecular flexibility index (Phi) is 6.02. The first-order chi connectivity index (χ1) is 14.5. The van der Waals surface area contributed by atoms with Gasteiger partial charge in [0.1, 0.15) is 0 Å². The third-order valence-corrected chi connectivity index (χ3v) is 5.86. The second kappa shape index (κ2) is 8.86. The summed E-state index contributed by atoms with van der Waals surface area (Å²) in [6.07, 6.45) is 0.607. The molecule has 1 atom stereocenters. The number of nitrogens with zero attached hydrogens (tertiary/aromatic N) is 2. The van der Waals surface area contributed by atoms with Gasteiger partial charge in [-0.2, -0.15) is 0 Å². The zero-order valence-electron chi connectivity index (χ0n) is 17.6. The fraction of sp³-hybridized carbons (Fsp3) is 0.320. The molecule has 1 amide bonds. The van der Waals surface area contributed by atoms with E-state index in [1.807, 2.05) is 36.4 Å². The van der Waals surface area contributed by atoms with Crippen LogP contribution >= 0.6 is 0 Å². The summed E-state index contributed by atoms with van der Waals surface area (Å²) in [6.45, 7) is 7.07. The van der Waals surface area contributed by atoms with E-state index < -0.39 is 0 Å². The maximum absolute atomic E-state index is 12.7. The number of carbonyl (C=O) groups is 1. The van der Waals surface area contributed by atoms with Gasteiger partial charge in [0.25, 0.3) is 5.91 Å². The SMILES string of the molecule is Cc1ccc(C)n1-c1ccc(C(=O)NCc2ccccc2CN2CCC(O)C2)cc1. The second-order valence-corrected chi connectivity index (χ2v) is 8.13. The zero-order valence-corrected chi connectivity index (χ0v) is 17.6. The Balaban J connectivity index is 1.40. The van der Waals surface area contributed by atoms with Crippen molar-refractivity contribution in [3.8, 4) is 5.69 Å². The van der Waals surface area contributed by atoms with Crippen LogP contribution in [-0.2, 0) is 13.1 Å². The lowest BCUT2D eigenvalue weighted by atomic mass is 10.1. The minimum atomic E-state index is -0.223. The molecule has 0 radical (unpaired) electrons. The van der Waals surface area contributed by atoms with E-state index in [0.29, 0.717) is 18.7 Å². The number of aliphatic hydroxyl groups is 1. The lowest BCUT2D eigenvalue weighted by molar-refractivity contribution is 0.0951. The number of aromatic nitrogens is 1. The largest absolute Gasteiger partial charge is 0.392 e. The van der Waals surface area contributed by atoms with Crippen LogP contribution < -0.4 is 5.32 Å². The molecule has 0 saturated carbocycles. The lowest BCUT2D eigenvalue weighted by Gasteiger charge is -2.18. The van der Waals surface area contributed by atoms with E-state index in [4.69, 9.17) is 0 Å². The van der Waals surface area contributed by atoms with Crippen LogP contribution in [0, 0.1) is 13.8 Å². The van der Waals surface area contributed by atoms with E-state index in [9.17, 15) is 9.90 Å². The Morgan fingerprint density at radius 3 is 2.30 bits per heavy atom. The third kappa shape index (κ3) is 4.48. The quantitative estimate of drug-likeness (QED) is 0.661. The number of β-amino-alcohol motifs (C(OH)–C–C–N with tert-alkyl or cyclic N) is 1. The van der Waals surface area contributed by atoms with Crippen molar-refractivity contribution in [1.29, 1.82) is 0 Å². The second-order valence-electron chi connectivity index (χ2n) is 8.13. The molecule has 1 saturated heterocycles. The molecule has 1 aliphatic rings. The minimum Gasteiger partial charge on any atom is -0.392 e. The molecule has 2 N–H and O–H groups in total. The maximum atomic E-state index is 12.7. The Hall–Kier alpha value is -2.89. The summed E-state index contributed by atoms with van der Waals surface area (Å²) in [7, 11) is 0. The van der Waals surface area contributed by atoms with Gasteiger partial charge in [-0.05, 0) is 67.8 Å². The van der Waals surface area contributed by atoms with Gasteiger partial charge >= 0.3 is 0 Å². The van der Waals surface area contributed by atoms with Crippen LogP contribution in [0.2, 0.25) is 0 Å². The van der Waals surface area contributed by atoms with Crippen molar-refractivity contribution in [1.82, 2.24) is 14.8 Å². The molecular weight excluding hydrogens is 374 g/mol. The molecule has 1 fully saturated rings. The summed E-state index contributed by atoms with van der Waals surface area (Å²) < 4.78 is 2.17. The van der Waals surface area contributed by atoms with Crippen LogP contribution in [0.15, 0.2) is 60.7 Å². The summed E-state index contributed by atoms with van der Waals surface area (Å²) in [4.78, 5) is 14.9. The fourth-order valence-electron chi connectivity index (χ4n) is 4.20. The van der Waals surface area contributed by atoms with Gasteiger partial charge in [0.05, 0.1) is 6.10 Å². The number of hydrogen-bond acceptors (Lipinski definition) is 3. The Morgan fingerprint density at radius 1 is 1.00 bits per heavy atom. The van der Waals surface area contributed by atoms with Crippen LogP contribution in [0.25, 0.3) is 5.69 Å². The van der Waals surface area contributed by atoms with Gasteiger partial charge in [-0.3, -0.25) is 9.69 Å². The first-order valence-corrected chi connectivity index (χ1v) is 10.5. The summed E-state index contributed by atoms with van der Waals surface area (Å²) in [5.41, 5.74) is 6.37. The maximum Gasteiger partial charge on any atom is 0.251 e. The first kappa shape index (κ1) is 20.4. The molecule has 2 aromatic carbocycles. The van der Waals surface area contributed by atoms with Crippen LogP contribution in [-0.4, -0.2) is 39.7 Å². The summed E-state index contributed by atoms with van der Waals surface area (Å²) in [6, 6.07) is 20.1. The van der Waals surface area contributed by atoms with Crippen LogP contribution in [0.3, 0.4) is 0 Å². The molecule has 5 nitrogen and oxygen atoms in total. The Bertz CT molecular complexity index is 1000. The number of likely N-dealkylation sites (tertiary alicyclic amines) is 1. The fourth-order valence-corrected chi connectivity index (χ4v) is 4.20. The van der Waals surface area contributed by atoms with Gasteiger partial charge in [-0.25, -0.2) is 0 Å². The number of carbonyl (C=O) groups excluding carboxylic acids is 1. The number of hydrogen-bond donors (Lipinski definition) is 2. The lowest BCUT2D eigenvalue weighted by Crippen LogP contribution is -2.25. The molecule has 0 spiro atoms. The summed E-state index contributed by atoms with van der Waals surface area (Å²) >= 11 is 0. The normalized spacial score (nSPS) is 16.7. The highest BCUT2D eigenvalue weighted by molar-refractivity contribution is 5.94. The van der Waals surface area contributed by atoms with E-state index in [2.05, 4.69) is 52.9 Å². The van der Waals surface area contributed by atoms with E-state index in [1.54, 1.807) is 0 Å². The standard InChI is InChI=1S/C25H29N3O2/c1-18-7-8-19(2)28(18)23-11-9-20(10-12-23)25(30)26-15-21-5-3-4-6-22(21)16-27-14-13-24(29)17-27/h3-12,24,29H,13-17H2,1-2H3,(H,26,30). The number of rotatable bonds is 6. The van der Waals surface area contributed by atoms with Crippen LogP contribution in [0.1, 0.15) is 39.3 Å². The van der Waals surface area contributed by atoms with E-state index in [0.717, 1.165) is 30.8 Å². The topological polar surface area (TPSA) is 57.5 Å². The highest BCUT2D eigenvalue weighted by Gasteiger charge is 2.20. The van der Waals surface area contributed by atoms with Gasteiger partial charge < -0.3 is 15.0 Å². The van der Waals surface area contributed by atoms with Crippen molar-refractivity contribution in [2.75, 3.05) is 13.1 Å². The molecule has 1 unspecified atom stereocenters. The number of aryl methyl sites for hydroxylation is 2. The number of aliphatic hydroxyl groups excluding tert-OH is 1. The van der Waals surface area contributed by atoms with Crippen molar-refractivity contribution in [2.24, 2.45) is 0 Å². The molecule has 2 heterocycles. The van der Waals surface area contributed by atoms with E-state index in [-0.39, 0.29) is 12.0 Å². The molecule has 5 heteroatoms. The molecule has 30 heavy (non-hydrogen) atoms. The van der Waals surface area contributed by atoms with Gasteiger partial charge in [-0.15, -0.1) is 0 Å². The molecule has 0 bridgehead atoms. The Labute approximate surface area is 178 Å². The third-order valence-electron chi connectivity index (χ3n) is 5.86. The number of benzene rings is 2. The van der Waals surface area contributed by atoms with Crippen LogP contribution in [0.5, 0.6) is 0 Å². The van der Waals surface area contributed by atoms with Gasteiger partial charge in [0.2, 0.25) is 0 Å². The summed E-state index contributed by atoms with van der Waals surface area (Å²) in [5.74, 6) is -0.0751. The van der Waals surface area contributed by atoms with E-state index >= 15 is 0 Å². The van der Waals surface area contributed by atoms with Crippen LogP contribution in [0.4, 0.5) is 0 Å². The van der Waals surface area contributed by atoms with Crippen molar-refractivity contribution < 1.29 is 9.90 Å². The highest BCUT2D eigenvalue weighted by atomic mass is 16.3. The van der Waals surface area contributed by atoms with Gasteiger partial charge in [-0.1, -0.05) is 24.3 Å². The number of amides is 1. The summed E-state index contributed by atoms with van der Waals surface area (Å²) in [5, 5.41) is 12.8. The first-order valence-electron chi connectivity index (χ1n) is 10.5. The van der Waals surface area contributed by atoms with Crippen molar-refractivity contribution in [3.63, 3.8) is 0 Å². The average molecular weight is 404 g/mol. The predicted octanol–water partition coefficient (Wildman–Crippen LogP) is 3.59. The molecule has 1 aromatic heterocycles.